The Hall–Kier alpha value is -2.04. The summed E-state index contributed by atoms with van der Waals surface area (Å²) in [5.41, 5.74) is 1.54. The summed E-state index contributed by atoms with van der Waals surface area (Å²) >= 11 is 0. The highest BCUT2D eigenvalue weighted by Gasteiger charge is 2.23. The number of nitrogens with one attached hydrogen (secondary N) is 1. The second-order valence-corrected chi connectivity index (χ2v) is 6.26. The molecule has 0 aromatic heterocycles. The van der Waals surface area contributed by atoms with Gasteiger partial charge in [-0.1, -0.05) is 12.8 Å². The maximum absolute atomic E-state index is 12.2. The molecule has 2 rings (SSSR count). The van der Waals surface area contributed by atoms with Gasteiger partial charge in [0.1, 0.15) is 0 Å². The minimum absolute atomic E-state index is 0.213. The van der Waals surface area contributed by atoms with Crippen molar-refractivity contribution in [2.75, 3.05) is 18.0 Å². The molecule has 0 spiro atoms. The molecule has 132 valence electrons. The van der Waals surface area contributed by atoms with E-state index in [0.29, 0.717) is 5.56 Å². The van der Waals surface area contributed by atoms with Crippen molar-refractivity contribution in [1.82, 2.24) is 5.32 Å². The monoisotopic (exact) mass is 332 g/mol. The van der Waals surface area contributed by atoms with Crippen LogP contribution < -0.4 is 10.2 Å². The number of hydrogen-bond acceptors (Lipinski definition) is 4. The second-order valence-electron chi connectivity index (χ2n) is 6.26. The summed E-state index contributed by atoms with van der Waals surface area (Å²) in [5.74, 6) is -0.676. The average Bonchev–Trinajstić information content (AvgIpc) is 3.09. The molecule has 5 nitrogen and oxygen atoms in total. The first kappa shape index (κ1) is 18.3. The maximum atomic E-state index is 12.2. The quantitative estimate of drug-likeness (QED) is 0.779. The predicted molar refractivity (Wildman–Crippen MR) is 95.3 cm³/mol. The summed E-state index contributed by atoms with van der Waals surface area (Å²) < 4.78 is 5.30. The third-order valence-electron chi connectivity index (χ3n) is 4.59. The summed E-state index contributed by atoms with van der Waals surface area (Å²) in [5, 5.41) is 2.95. The van der Waals surface area contributed by atoms with Crippen molar-refractivity contribution >= 4 is 17.6 Å². The topological polar surface area (TPSA) is 58.6 Å². The maximum Gasteiger partial charge on any atom is 0.338 e. The molecule has 5 heteroatoms. The van der Waals surface area contributed by atoms with Gasteiger partial charge in [0.2, 0.25) is 0 Å². The molecular formula is C19H28N2O3. The standard InChI is InChI=1S/C19H28N2O3/c1-4-21(5-2)17-12-10-15(11-13-17)19(23)24-14(3)18(22)20-16-8-6-7-9-16/h10-14,16H,4-9H2,1-3H3,(H,20,22)/t14-/m0/s1. The van der Waals surface area contributed by atoms with E-state index < -0.39 is 12.1 Å². The normalized spacial score (nSPS) is 15.8. The van der Waals surface area contributed by atoms with Crippen molar-refractivity contribution in [1.29, 1.82) is 0 Å². The number of ether oxygens (including phenoxy) is 1. The highest BCUT2D eigenvalue weighted by atomic mass is 16.5. The third kappa shape index (κ3) is 4.73. The minimum Gasteiger partial charge on any atom is -0.449 e. The zero-order chi connectivity index (χ0) is 17.5. The zero-order valence-electron chi connectivity index (χ0n) is 14.9. The van der Waals surface area contributed by atoms with E-state index in [4.69, 9.17) is 4.74 Å². The Balaban J connectivity index is 1.89. The van der Waals surface area contributed by atoms with Crippen LogP contribution in [-0.2, 0) is 9.53 Å². The Morgan fingerprint density at radius 3 is 2.29 bits per heavy atom. The lowest BCUT2D eigenvalue weighted by molar-refractivity contribution is -0.129. The van der Waals surface area contributed by atoms with E-state index in [1.54, 1.807) is 19.1 Å². The van der Waals surface area contributed by atoms with Gasteiger partial charge in [0.05, 0.1) is 5.56 Å². The summed E-state index contributed by atoms with van der Waals surface area (Å²) in [6, 6.07) is 7.54. The number of rotatable bonds is 7. The van der Waals surface area contributed by atoms with Crippen molar-refractivity contribution in [2.45, 2.75) is 58.6 Å². The Morgan fingerprint density at radius 2 is 1.75 bits per heavy atom. The van der Waals surface area contributed by atoms with Crippen LogP contribution in [-0.4, -0.2) is 37.1 Å². The number of hydrogen-bond donors (Lipinski definition) is 1. The summed E-state index contributed by atoms with van der Waals surface area (Å²) in [7, 11) is 0. The summed E-state index contributed by atoms with van der Waals surface area (Å²) in [6.07, 6.45) is 3.55. The van der Waals surface area contributed by atoms with Gasteiger partial charge in [0, 0.05) is 24.8 Å². The van der Waals surface area contributed by atoms with Crippen molar-refractivity contribution in [3.63, 3.8) is 0 Å². The molecule has 1 atom stereocenters. The number of esters is 1. The first-order valence-electron chi connectivity index (χ1n) is 8.91. The van der Waals surface area contributed by atoms with Crippen LogP contribution in [0.3, 0.4) is 0 Å². The van der Waals surface area contributed by atoms with E-state index in [2.05, 4.69) is 24.1 Å². The Morgan fingerprint density at radius 1 is 1.17 bits per heavy atom. The van der Waals surface area contributed by atoms with Crippen molar-refractivity contribution in [3.05, 3.63) is 29.8 Å². The molecule has 0 heterocycles. The smallest absolute Gasteiger partial charge is 0.338 e. The van der Waals surface area contributed by atoms with Gasteiger partial charge in [0.25, 0.3) is 5.91 Å². The zero-order valence-corrected chi connectivity index (χ0v) is 14.9. The molecule has 24 heavy (non-hydrogen) atoms. The summed E-state index contributed by atoms with van der Waals surface area (Å²) in [6.45, 7) is 7.64. The van der Waals surface area contributed by atoms with Gasteiger partial charge in [0.15, 0.2) is 6.10 Å². The van der Waals surface area contributed by atoms with Crippen LogP contribution in [0.5, 0.6) is 0 Å². The molecule has 1 aromatic carbocycles. The lowest BCUT2D eigenvalue weighted by Gasteiger charge is -2.21. The van der Waals surface area contributed by atoms with E-state index >= 15 is 0 Å². The molecular weight excluding hydrogens is 304 g/mol. The van der Waals surface area contributed by atoms with Crippen LogP contribution in [0.25, 0.3) is 0 Å². The molecule has 1 fully saturated rings. The molecule has 1 saturated carbocycles. The molecule has 1 amide bonds. The molecule has 1 aliphatic carbocycles. The molecule has 0 radical (unpaired) electrons. The largest absolute Gasteiger partial charge is 0.449 e. The van der Waals surface area contributed by atoms with Crippen molar-refractivity contribution in [3.8, 4) is 0 Å². The first-order chi connectivity index (χ1) is 11.5. The molecule has 0 aliphatic heterocycles. The van der Waals surface area contributed by atoms with E-state index in [9.17, 15) is 9.59 Å². The summed E-state index contributed by atoms with van der Waals surface area (Å²) in [4.78, 5) is 26.5. The van der Waals surface area contributed by atoms with Crippen molar-refractivity contribution < 1.29 is 14.3 Å². The number of carbonyl (C=O) groups excluding carboxylic acids is 2. The molecule has 0 saturated heterocycles. The highest BCUT2D eigenvalue weighted by molar-refractivity contribution is 5.92. The number of benzene rings is 1. The van der Waals surface area contributed by atoms with Crippen molar-refractivity contribution in [2.24, 2.45) is 0 Å². The SMILES string of the molecule is CCN(CC)c1ccc(C(=O)O[C@@H](C)C(=O)NC2CCCC2)cc1. The number of anilines is 1. The Kier molecular flexibility index (Phi) is 6.64. The first-order valence-corrected chi connectivity index (χ1v) is 8.91. The molecule has 0 bridgehead atoms. The van der Waals surface area contributed by atoms with Crippen LogP contribution in [0.2, 0.25) is 0 Å². The van der Waals surface area contributed by atoms with Gasteiger partial charge < -0.3 is 15.0 Å². The highest BCUT2D eigenvalue weighted by Crippen LogP contribution is 2.18. The van der Waals surface area contributed by atoms with Gasteiger partial charge >= 0.3 is 5.97 Å². The fourth-order valence-corrected chi connectivity index (χ4v) is 3.07. The van der Waals surface area contributed by atoms with Crippen LogP contribution in [0.1, 0.15) is 56.8 Å². The van der Waals surface area contributed by atoms with Gasteiger partial charge in [-0.05, 0) is 57.9 Å². The second kappa shape index (κ2) is 8.71. The lowest BCUT2D eigenvalue weighted by Crippen LogP contribution is -2.40. The van der Waals surface area contributed by atoms with E-state index in [-0.39, 0.29) is 11.9 Å². The van der Waals surface area contributed by atoms with Crippen LogP contribution in [0.4, 0.5) is 5.69 Å². The predicted octanol–water partition coefficient (Wildman–Crippen LogP) is 3.14. The van der Waals surface area contributed by atoms with Gasteiger partial charge in [-0.25, -0.2) is 4.79 Å². The number of amides is 1. The molecule has 1 aliphatic rings. The van der Waals surface area contributed by atoms with E-state index in [1.165, 1.54) is 0 Å². The van der Waals surface area contributed by atoms with E-state index in [1.807, 2.05) is 12.1 Å². The molecule has 1 N–H and O–H groups in total. The minimum atomic E-state index is -0.777. The Bertz CT molecular complexity index is 546. The Labute approximate surface area is 144 Å². The fourth-order valence-electron chi connectivity index (χ4n) is 3.07. The third-order valence-corrected chi connectivity index (χ3v) is 4.59. The number of nitrogens with zero attached hydrogens (tertiary/aromatic N) is 1. The molecule has 0 unspecified atom stereocenters. The fraction of sp³-hybridized carbons (Fsp3) is 0.579. The average molecular weight is 332 g/mol. The van der Waals surface area contributed by atoms with Gasteiger partial charge in [-0.2, -0.15) is 0 Å². The van der Waals surface area contributed by atoms with Gasteiger partial charge in [-0.3, -0.25) is 4.79 Å². The van der Waals surface area contributed by atoms with E-state index in [0.717, 1.165) is 44.5 Å². The van der Waals surface area contributed by atoms with Crippen LogP contribution in [0, 0.1) is 0 Å². The van der Waals surface area contributed by atoms with Crippen LogP contribution >= 0.6 is 0 Å². The lowest BCUT2D eigenvalue weighted by atomic mass is 10.2. The molecule has 1 aromatic rings. The van der Waals surface area contributed by atoms with Crippen LogP contribution in [0.15, 0.2) is 24.3 Å². The number of carbonyl (C=O) groups is 2. The van der Waals surface area contributed by atoms with Gasteiger partial charge in [-0.15, -0.1) is 0 Å².